The van der Waals surface area contributed by atoms with Crippen molar-refractivity contribution in [3.8, 4) is 0 Å². The Morgan fingerprint density at radius 1 is 1.56 bits per heavy atom. The average Bonchev–Trinajstić information content (AvgIpc) is 2.94. The van der Waals surface area contributed by atoms with Crippen LogP contribution >= 0.6 is 12.2 Å². The standard InChI is InChI=1S/C14H19N3S/c1-2-8-7-12(8)17-14-10(13(15)18)6-9-4-3-5-11(9)16-14/h6,8,12H,2-5,7H2,1H3,(H2,15,18)(H,16,17). The fourth-order valence-electron chi connectivity index (χ4n) is 2.82. The van der Waals surface area contributed by atoms with Gasteiger partial charge in [0.25, 0.3) is 0 Å². The summed E-state index contributed by atoms with van der Waals surface area (Å²) in [6, 6.07) is 2.71. The van der Waals surface area contributed by atoms with Crippen LogP contribution in [0.4, 0.5) is 5.82 Å². The minimum Gasteiger partial charge on any atom is -0.389 e. The third-order valence-corrected chi connectivity index (χ3v) is 4.31. The maximum Gasteiger partial charge on any atom is 0.136 e. The van der Waals surface area contributed by atoms with Gasteiger partial charge in [-0.1, -0.05) is 25.6 Å². The van der Waals surface area contributed by atoms with E-state index in [2.05, 4.69) is 18.3 Å². The van der Waals surface area contributed by atoms with Crippen LogP contribution in [0.3, 0.4) is 0 Å². The fourth-order valence-corrected chi connectivity index (χ4v) is 2.98. The lowest BCUT2D eigenvalue weighted by Gasteiger charge is -2.12. The Labute approximate surface area is 113 Å². The van der Waals surface area contributed by atoms with E-state index in [4.69, 9.17) is 22.9 Å². The van der Waals surface area contributed by atoms with E-state index in [9.17, 15) is 0 Å². The van der Waals surface area contributed by atoms with Gasteiger partial charge in [0.1, 0.15) is 10.8 Å². The third-order valence-electron chi connectivity index (χ3n) is 4.09. The Morgan fingerprint density at radius 2 is 2.39 bits per heavy atom. The molecule has 4 heteroatoms. The molecule has 1 saturated carbocycles. The lowest BCUT2D eigenvalue weighted by Crippen LogP contribution is -2.17. The average molecular weight is 261 g/mol. The molecule has 0 bridgehead atoms. The lowest BCUT2D eigenvalue weighted by molar-refractivity contribution is 0.773. The van der Waals surface area contributed by atoms with Crippen LogP contribution in [0, 0.1) is 5.92 Å². The number of anilines is 1. The molecule has 2 unspecified atom stereocenters. The summed E-state index contributed by atoms with van der Waals surface area (Å²) in [7, 11) is 0. The molecular weight excluding hydrogens is 242 g/mol. The maximum absolute atomic E-state index is 5.82. The Bertz CT molecular complexity index is 498. The highest BCUT2D eigenvalue weighted by molar-refractivity contribution is 7.80. The van der Waals surface area contributed by atoms with Crippen molar-refractivity contribution in [1.82, 2.24) is 4.98 Å². The number of nitrogens with two attached hydrogens (primary N) is 1. The number of hydrogen-bond donors (Lipinski definition) is 2. The summed E-state index contributed by atoms with van der Waals surface area (Å²) in [6.45, 7) is 2.23. The molecule has 0 spiro atoms. The summed E-state index contributed by atoms with van der Waals surface area (Å²) < 4.78 is 0. The molecular formula is C14H19N3S. The van der Waals surface area contributed by atoms with Crippen molar-refractivity contribution >= 4 is 23.0 Å². The van der Waals surface area contributed by atoms with Gasteiger partial charge in [0.2, 0.25) is 0 Å². The van der Waals surface area contributed by atoms with Crippen LogP contribution in [0.1, 0.15) is 43.0 Å². The summed E-state index contributed by atoms with van der Waals surface area (Å²) >= 11 is 5.15. The number of nitrogens with one attached hydrogen (secondary N) is 1. The highest BCUT2D eigenvalue weighted by Gasteiger charge is 2.36. The molecule has 2 aliphatic carbocycles. The second-order valence-corrected chi connectivity index (χ2v) is 5.80. The zero-order valence-electron chi connectivity index (χ0n) is 10.7. The van der Waals surface area contributed by atoms with Crippen molar-refractivity contribution in [1.29, 1.82) is 0 Å². The molecule has 1 heterocycles. The van der Waals surface area contributed by atoms with Crippen LogP contribution in [0.5, 0.6) is 0 Å². The quantitative estimate of drug-likeness (QED) is 0.817. The van der Waals surface area contributed by atoms with Crippen LogP contribution in [0.15, 0.2) is 6.07 Å². The fraction of sp³-hybridized carbons (Fsp3) is 0.571. The van der Waals surface area contributed by atoms with Gasteiger partial charge in [0, 0.05) is 11.7 Å². The van der Waals surface area contributed by atoms with E-state index in [0.29, 0.717) is 11.0 Å². The van der Waals surface area contributed by atoms with Crippen LogP contribution in [-0.2, 0) is 12.8 Å². The number of hydrogen-bond acceptors (Lipinski definition) is 3. The molecule has 0 saturated heterocycles. The first-order chi connectivity index (χ1) is 8.69. The summed E-state index contributed by atoms with van der Waals surface area (Å²) in [5.74, 6) is 1.70. The van der Waals surface area contributed by atoms with Gasteiger partial charge in [0.15, 0.2) is 0 Å². The van der Waals surface area contributed by atoms with Gasteiger partial charge in [-0.15, -0.1) is 0 Å². The molecule has 3 rings (SSSR count). The van der Waals surface area contributed by atoms with Gasteiger partial charge in [-0.05, 0) is 43.2 Å². The van der Waals surface area contributed by atoms with Gasteiger partial charge in [-0.3, -0.25) is 0 Å². The van der Waals surface area contributed by atoms with Crippen molar-refractivity contribution in [3.05, 3.63) is 22.9 Å². The summed E-state index contributed by atoms with van der Waals surface area (Å²) in [5.41, 5.74) is 9.30. The molecule has 96 valence electrons. The molecule has 3 N–H and O–H groups in total. The first-order valence-corrected chi connectivity index (χ1v) is 7.19. The zero-order valence-corrected chi connectivity index (χ0v) is 11.5. The molecule has 18 heavy (non-hydrogen) atoms. The molecule has 0 aliphatic heterocycles. The van der Waals surface area contributed by atoms with Crippen LogP contribution < -0.4 is 11.1 Å². The Kier molecular flexibility index (Phi) is 2.98. The second-order valence-electron chi connectivity index (χ2n) is 5.36. The van der Waals surface area contributed by atoms with E-state index in [1.807, 2.05) is 0 Å². The number of aryl methyl sites for hydroxylation is 2. The highest BCUT2D eigenvalue weighted by atomic mass is 32.1. The van der Waals surface area contributed by atoms with Crippen LogP contribution in [0.25, 0.3) is 0 Å². The molecule has 0 aromatic carbocycles. The number of thiocarbonyl (C=S) groups is 1. The topological polar surface area (TPSA) is 50.9 Å². The van der Waals surface area contributed by atoms with E-state index < -0.39 is 0 Å². The first kappa shape index (κ1) is 11.9. The molecule has 2 atom stereocenters. The normalized spacial score (nSPS) is 24.7. The van der Waals surface area contributed by atoms with Gasteiger partial charge >= 0.3 is 0 Å². The van der Waals surface area contributed by atoms with Gasteiger partial charge in [-0.2, -0.15) is 0 Å². The SMILES string of the molecule is CCC1CC1Nc1nc2c(cc1C(N)=S)CCC2. The predicted octanol–water partition coefficient (Wildman–Crippen LogP) is 2.41. The molecule has 3 nitrogen and oxygen atoms in total. The summed E-state index contributed by atoms with van der Waals surface area (Å²) in [6.07, 6.45) is 5.86. The van der Waals surface area contributed by atoms with E-state index in [-0.39, 0.29) is 0 Å². The Morgan fingerprint density at radius 3 is 3.06 bits per heavy atom. The Balaban J connectivity index is 1.89. The van der Waals surface area contributed by atoms with Crippen LogP contribution in [-0.4, -0.2) is 16.0 Å². The van der Waals surface area contributed by atoms with Crippen molar-refractivity contribution in [2.24, 2.45) is 11.7 Å². The van der Waals surface area contributed by atoms with Crippen LogP contribution in [0.2, 0.25) is 0 Å². The molecule has 1 aromatic rings. The van der Waals surface area contributed by atoms with E-state index in [0.717, 1.165) is 30.1 Å². The summed E-state index contributed by atoms with van der Waals surface area (Å²) in [4.78, 5) is 5.20. The minimum absolute atomic E-state index is 0.452. The van der Waals surface area contributed by atoms with Crippen molar-refractivity contribution in [2.45, 2.75) is 45.1 Å². The number of nitrogens with zero attached hydrogens (tertiary/aromatic N) is 1. The minimum atomic E-state index is 0.452. The molecule has 0 radical (unpaired) electrons. The predicted molar refractivity (Wildman–Crippen MR) is 78.0 cm³/mol. The maximum atomic E-state index is 5.82. The monoisotopic (exact) mass is 261 g/mol. The van der Waals surface area contributed by atoms with Gasteiger partial charge < -0.3 is 11.1 Å². The lowest BCUT2D eigenvalue weighted by atomic mass is 10.1. The Hall–Kier alpha value is -1.16. The van der Waals surface area contributed by atoms with E-state index in [1.165, 1.54) is 30.5 Å². The van der Waals surface area contributed by atoms with E-state index in [1.54, 1.807) is 0 Å². The van der Waals surface area contributed by atoms with E-state index >= 15 is 0 Å². The molecule has 2 aliphatic rings. The zero-order chi connectivity index (χ0) is 12.7. The smallest absolute Gasteiger partial charge is 0.136 e. The van der Waals surface area contributed by atoms with Gasteiger partial charge in [0.05, 0.1) is 5.56 Å². The summed E-state index contributed by atoms with van der Waals surface area (Å²) in [5, 5.41) is 3.52. The largest absolute Gasteiger partial charge is 0.389 e. The number of fused-ring (bicyclic) bond motifs is 1. The number of pyridine rings is 1. The second kappa shape index (κ2) is 4.50. The third kappa shape index (κ3) is 2.09. The van der Waals surface area contributed by atoms with Crippen molar-refractivity contribution < 1.29 is 0 Å². The molecule has 0 amide bonds. The number of aromatic nitrogens is 1. The van der Waals surface area contributed by atoms with Crippen molar-refractivity contribution in [3.63, 3.8) is 0 Å². The molecule has 1 aromatic heterocycles. The van der Waals surface area contributed by atoms with Crippen molar-refractivity contribution in [2.75, 3.05) is 5.32 Å². The number of rotatable bonds is 4. The highest BCUT2D eigenvalue weighted by Crippen LogP contribution is 2.37. The first-order valence-electron chi connectivity index (χ1n) is 6.78. The molecule has 1 fully saturated rings. The van der Waals surface area contributed by atoms with Gasteiger partial charge in [-0.25, -0.2) is 4.98 Å².